The Morgan fingerprint density at radius 1 is 1.11 bits per heavy atom. The van der Waals surface area contributed by atoms with Gasteiger partial charge in [0, 0.05) is 5.56 Å². The summed E-state index contributed by atoms with van der Waals surface area (Å²) in [6.45, 7) is 3.10. The summed E-state index contributed by atoms with van der Waals surface area (Å²) in [6, 6.07) is 20.3. The van der Waals surface area contributed by atoms with E-state index in [1.54, 1.807) is 0 Å². The van der Waals surface area contributed by atoms with Gasteiger partial charge in [-0.2, -0.15) is 0 Å². The fraction of sp³-hybridized carbons (Fsp3) is 0.292. The molecule has 4 heteroatoms. The van der Waals surface area contributed by atoms with Crippen molar-refractivity contribution in [1.82, 2.24) is 5.32 Å². The first-order chi connectivity index (χ1) is 13.6. The highest BCUT2D eigenvalue weighted by Crippen LogP contribution is 2.48. The third-order valence-corrected chi connectivity index (χ3v) is 5.48. The van der Waals surface area contributed by atoms with Crippen LogP contribution in [0.4, 0.5) is 0 Å². The van der Waals surface area contributed by atoms with Crippen LogP contribution >= 0.6 is 0 Å². The first-order valence-corrected chi connectivity index (χ1v) is 9.87. The molecule has 0 radical (unpaired) electrons. The largest absolute Gasteiger partial charge is 0.494 e. The summed E-state index contributed by atoms with van der Waals surface area (Å²) in [5, 5.41) is 5.72. The summed E-state index contributed by atoms with van der Waals surface area (Å²) in [5.74, 6) is 0.659. The first kappa shape index (κ1) is 18.5. The lowest BCUT2D eigenvalue weighted by Crippen LogP contribution is -2.35. The molecule has 28 heavy (non-hydrogen) atoms. The number of nitrogens with one attached hydrogen (secondary N) is 1. The van der Waals surface area contributed by atoms with Gasteiger partial charge in [0.05, 0.1) is 12.1 Å². The van der Waals surface area contributed by atoms with Gasteiger partial charge in [-0.1, -0.05) is 48.5 Å². The minimum atomic E-state index is -0.277. The van der Waals surface area contributed by atoms with Crippen molar-refractivity contribution < 1.29 is 9.53 Å². The van der Waals surface area contributed by atoms with E-state index in [0.29, 0.717) is 24.5 Å². The monoisotopic (exact) mass is 374 g/mol. The van der Waals surface area contributed by atoms with Crippen molar-refractivity contribution in [2.45, 2.75) is 31.7 Å². The lowest BCUT2D eigenvalue weighted by Gasteiger charge is -2.21. The Morgan fingerprint density at radius 3 is 2.68 bits per heavy atom. The topological polar surface area (TPSA) is 64.3 Å². The predicted molar refractivity (Wildman–Crippen MR) is 113 cm³/mol. The molecular weight excluding hydrogens is 348 g/mol. The van der Waals surface area contributed by atoms with Crippen LogP contribution in [0.2, 0.25) is 0 Å². The number of hydrogen-bond donors (Lipinski definition) is 2. The Labute approximate surface area is 165 Å². The molecule has 0 unspecified atom stereocenters. The van der Waals surface area contributed by atoms with Crippen LogP contribution in [0, 0.1) is 6.92 Å². The number of nitrogens with two attached hydrogens (primary N) is 1. The Kier molecular flexibility index (Phi) is 5.05. The zero-order valence-corrected chi connectivity index (χ0v) is 16.2. The van der Waals surface area contributed by atoms with Gasteiger partial charge in [0.15, 0.2) is 0 Å². The molecule has 3 N–H and O–H groups in total. The number of hydrogen-bond acceptors (Lipinski definition) is 3. The molecule has 0 saturated heterocycles. The summed E-state index contributed by atoms with van der Waals surface area (Å²) in [5.41, 5.74) is 8.05. The Balaban J connectivity index is 1.59. The van der Waals surface area contributed by atoms with E-state index in [9.17, 15) is 4.79 Å². The van der Waals surface area contributed by atoms with Crippen LogP contribution in [0.5, 0.6) is 5.75 Å². The average Bonchev–Trinajstić information content (AvgIpc) is 3.49. The molecule has 144 valence electrons. The Bertz CT molecular complexity index is 1000. The van der Waals surface area contributed by atoms with E-state index >= 15 is 0 Å². The molecule has 0 bridgehead atoms. The Morgan fingerprint density at radius 2 is 1.89 bits per heavy atom. The van der Waals surface area contributed by atoms with Crippen LogP contribution in [0.15, 0.2) is 60.7 Å². The molecule has 0 aliphatic heterocycles. The highest BCUT2D eigenvalue weighted by Gasteiger charge is 2.46. The number of rotatable bonds is 7. The maximum absolute atomic E-state index is 13.1. The van der Waals surface area contributed by atoms with Crippen LogP contribution in [0.1, 0.15) is 40.7 Å². The molecule has 1 saturated carbocycles. The molecule has 0 atom stereocenters. The second-order valence-corrected chi connectivity index (χ2v) is 7.53. The minimum Gasteiger partial charge on any atom is -0.494 e. The number of benzene rings is 3. The van der Waals surface area contributed by atoms with Crippen LogP contribution in [0.3, 0.4) is 0 Å². The smallest absolute Gasteiger partial charge is 0.252 e. The number of ether oxygens (including phenoxy) is 1. The molecule has 1 fully saturated rings. The SMILES string of the molecule is Cc1ccc(OCCCN)cc1C(=O)NC1(c2cccc3ccccc23)CC1. The van der Waals surface area contributed by atoms with Gasteiger partial charge >= 0.3 is 0 Å². The zero-order chi connectivity index (χ0) is 19.6. The summed E-state index contributed by atoms with van der Waals surface area (Å²) in [4.78, 5) is 13.1. The van der Waals surface area contributed by atoms with Crippen LogP contribution in [-0.2, 0) is 5.54 Å². The predicted octanol–water partition coefficient (Wildman–Crippen LogP) is 4.29. The van der Waals surface area contributed by atoms with E-state index in [-0.39, 0.29) is 11.4 Å². The summed E-state index contributed by atoms with van der Waals surface area (Å²) < 4.78 is 5.72. The van der Waals surface area contributed by atoms with Crippen LogP contribution < -0.4 is 15.8 Å². The van der Waals surface area contributed by atoms with Gasteiger partial charge in [-0.25, -0.2) is 0 Å². The third kappa shape index (κ3) is 3.60. The molecule has 0 spiro atoms. The van der Waals surface area contributed by atoms with E-state index in [0.717, 1.165) is 24.8 Å². The summed E-state index contributed by atoms with van der Waals surface area (Å²) >= 11 is 0. The lowest BCUT2D eigenvalue weighted by molar-refractivity contribution is 0.0930. The molecular formula is C24H26N2O2. The molecule has 4 nitrogen and oxygen atoms in total. The normalized spacial score (nSPS) is 14.6. The second kappa shape index (κ2) is 7.64. The number of carbonyl (C=O) groups excluding carboxylic acids is 1. The van der Waals surface area contributed by atoms with Crippen molar-refractivity contribution in [2.75, 3.05) is 13.2 Å². The van der Waals surface area contributed by atoms with E-state index in [4.69, 9.17) is 10.5 Å². The Hall–Kier alpha value is -2.85. The van der Waals surface area contributed by atoms with E-state index in [1.807, 2.05) is 31.2 Å². The second-order valence-electron chi connectivity index (χ2n) is 7.53. The first-order valence-electron chi connectivity index (χ1n) is 9.87. The standard InChI is InChI=1S/C24H26N2O2/c1-17-10-11-19(28-15-5-14-25)16-21(17)23(27)26-24(12-13-24)22-9-4-7-18-6-2-3-8-20(18)22/h2-4,6-11,16H,5,12-15,25H2,1H3,(H,26,27). The van der Waals surface area contributed by atoms with E-state index < -0.39 is 0 Å². The van der Waals surface area contributed by atoms with Gasteiger partial charge in [0.2, 0.25) is 0 Å². The zero-order valence-electron chi connectivity index (χ0n) is 16.2. The number of carbonyl (C=O) groups is 1. The van der Waals surface area contributed by atoms with Gasteiger partial charge in [-0.05, 0) is 66.8 Å². The molecule has 0 heterocycles. The van der Waals surface area contributed by atoms with Crippen molar-refractivity contribution in [1.29, 1.82) is 0 Å². The van der Waals surface area contributed by atoms with Crippen molar-refractivity contribution in [3.63, 3.8) is 0 Å². The lowest BCUT2D eigenvalue weighted by atomic mass is 9.96. The fourth-order valence-corrected chi connectivity index (χ4v) is 3.72. The number of fused-ring (bicyclic) bond motifs is 1. The number of amides is 1. The molecule has 3 aromatic carbocycles. The fourth-order valence-electron chi connectivity index (χ4n) is 3.72. The van der Waals surface area contributed by atoms with Crippen molar-refractivity contribution in [3.8, 4) is 5.75 Å². The van der Waals surface area contributed by atoms with Gasteiger partial charge in [-0.15, -0.1) is 0 Å². The van der Waals surface area contributed by atoms with Gasteiger partial charge in [0.1, 0.15) is 5.75 Å². The number of aryl methyl sites for hydroxylation is 1. The van der Waals surface area contributed by atoms with Crippen molar-refractivity contribution >= 4 is 16.7 Å². The van der Waals surface area contributed by atoms with Crippen LogP contribution in [-0.4, -0.2) is 19.1 Å². The average molecular weight is 374 g/mol. The summed E-state index contributed by atoms with van der Waals surface area (Å²) in [6.07, 6.45) is 2.70. The summed E-state index contributed by atoms with van der Waals surface area (Å²) in [7, 11) is 0. The maximum atomic E-state index is 13.1. The van der Waals surface area contributed by atoms with E-state index in [2.05, 4.69) is 41.7 Å². The molecule has 1 aliphatic carbocycles. The molecule has 4 rings (SSSR count). The molecule has 1 aliphatic rings. The highest BCUT2D eigenvalue weighted by atomic mass is 16.5. The van der Waals surface area contributed by atoms with Crippen LogP contribution in [0.25, 0.3) is 10.8 Å². The quantitative estimate of drug-likeness (QED) is 0.606. The van der Waals surface area contributed by atoms with Crippen molar-refractivity contribution in [2.24, 2.45) is 5.73 Å². The highest BCUT2D eigenvalue weighted by molar-refractivity contribution is 5.97. The van der Waals surface area contributed by atoms with Gasteiger partial charge < -0.3 is 15.8 Å². The maximum Gasteiger partial charge on any atom is 0.252 e. The molecule has 3 aromatic rings. The third-order valence-electron chi connectivity index (χ3n) is 5.48. The van der Waals surface area contributed by atoms with Gasteiger partial charge in [-0.3, -0.25) is 4.79 Å². The van der Waals surface area contributed by atoms with Gasteiger partial charge in [0.25, 0.3) is 5.91 Å². The minimum absolute atomic E-state index is 0.0489. The molecule has 0 aromatic heterocycles. The van der Waals surface area contributed by atoms with Crippen molar-refractivity contribution in [3.05, 3.63) is 77.4 Å². The van der Waals surface area contributed by atoms with E-state index in [1.165, 1.54) is 16.3 Å². The molecule has 1 amide bonds.